The Hall–Kier alpha value is -0.910. The number of hydrogen-bond acceptors (Lipinski definition) is 5. The fourth-order valence-corrected chi connectivity index (χ4v) is 2.16. The van der Waals surface area contributed by atoms with Gasteiger partial charge < -0.3 is 19.3 Å². The van der Waals surface area contributed by atoms with Gasteiger partial charge in [0.05, 0.1) is 13.2 Å². The summed E-state index contributed by atoms with van der Waals surface area (Å²) in [6.45, 7) is 4.15. The zero-order chi connectivity index (χ0) is 12.3. The Bertz CT molecular complexity index is 291. The average molecular weight is 242 g/mol. The van der Waals surface area contributed by atoms with Crippen molar-refractivity contribution in [2.45, 2.75) is 43.7 Å². The molecule has 4 atom stereocenters. The zero-order valence-corrected chi connectivity index (χ0v) is 9.71. The van der Waals surface area contributed by atoms with Gasteiger partial charge in [-0.25, -0.2) is 0 Å². The van der Waals surface area contributed by atoms with Crippen LogP contribution in [-0.4, -0.2) is 48.7 Å². The minimum absolute atomic E-state index is 0.244. The molecule has 96 valence electrons. The molecule has 0 saturated carbocycles. The van der Waals surface area contributed by atoms with Crippen molar-refractivity contribution in [3.8, 4) is 0 Å². The number of carbonyl (C=O) groups excluding carboxylic acids is 1. The van der Waals surface area contributed by atoms with Crippen LogP contribution >= 0.6 is 0 Å². The summed E-state index contributed by atoms with van der Waals surface area (Å²) in [5, 5.41) is 9.52. The number of allylic oxidation sites excluding steroid dienone is 1. The van der Waals surface area contributed by atoms with Crippen LogP contribution in [0.3, 0.4) is 0 Å². The Kier molecular flexibility index (Phi) is 4.15. The van der Waals surface area contributed by atoms with Crippen LogP contribution in [0.4, 0.5) is 0 Å². The standard InChI is InChI=1S/C12H18O5/c1-2-3-4-5-10(14)17-9-7-16-11-8(13)6-15-12(9)11/h2,8-9,11-13H,1,3-7H2. The molecule has 0 aromatic rings. The van der Waals surface area contributed by atoms with E-state index in [0.717, 1.165) is 12.8 Å². The molecule has 2 heterocycles. The van der Waals surface area contributed by atoms with Crippen molar-refractivity contribution in [2.75, 3.05) is 13.2 Å². The van der Waals surface area contributed by atoms with E-state index >= 15 is 0 Å². The highest BCUT2D eigenvalue weighted by molar-refractivity contribution is 5.69. The topological polar surface area (TPSA) is 65.0 Å². The van der Waals surface area contributed by atoms with E-state index in [-0.39, 0.29) is 30.9 Å². The maximum absolute atomic E-state index is 11.5. The van der Waals surface area contributed by atoms with Crippen molar-refractivity contribution in [3.05, 3.63) is 12.7 Å². The summed E-state index contributed by atoms with van der Waals surface area (Å²) in [7, 11) is 0. The molecule has 5 nitrogen and oxygen atoms in total. The summed E-state index contributed by atoms with van der Waals surface area (Å²) < 4.78 is 16.0. The molecular weight excluding hydrogens is 224 g/mol. The summed E-state index contributed by atoms with van der Waals surface area (Å²) in [5.74, 6) is -0.244. The van der Waals surface area contributed by atoms with Crippen molar-refractivity contribution in [1.82, 2.24) is 0 Å². The van der Waals surface area contributed by atoms with Crippen LogP contribution in [0.5, 0.6) is 0 Å². The van der Waals surface area contributed by atoms with Crippen LogP contribution in [0, 0.1) is 0 Å². The third-order valence-corrected chi connectivity index (χ3v) is 3.05. The van der Waals surface area contributed by atoms with Gasteiger partial charge in [-0.1, -0.05) is 6.08 Å². The van der Waals surface area contributed by atoms with Gasteiger partial charge in [0, 0.05) is 6.42 Å². The smallest absolute Gasteiger partial charge is 0.306 e. The summed E-state index contributed by atoms with van der Waals surface area (Å²) in [6.07, 6.45) is 2.05. The van der Waals surface area contributed by atoms with E-state index in [4.69, 9.17) is 14.2 Å². The molecule has 0 spiro atoms. The van der Waals surface area contributed by atoms with E-state index in [1.165, 1.54) is 0 Å². The second-order valence-corrected chi connectivity index (χ2v) is 4.37. The van der Waals surface area contributed by atoms with Crippen LogP contribution < -0.4 is 0 Å². The van der Waals surface area contributed by atoms with Crippen molar-refractivity contribution in [3.63, 3.8) is 0 Å². The molecule has 0 radical (unpaired) electrons. The predicted octanol–water partition coefficient (Wildman–Crippen LogP) is 0.413. The van der Waals surface area contributed by atoms with Gasteiger partial charge in [-0.05, 0) is 12.8 Å². The largest absolute Gasteiger partial charge is 0.457 e. The maximum atomic E-state index is 11.5. The number of aliphatic hydroxyl groups excluding tert-OH is 1. The molecule has 0 bridgehead atoms. The Morgan fingerprint density at radius 2 is 2.18 bits per heavy atom. The molecule has 2 aliphatic rings. The fourth-order valence-electron chi connectivity index (χ4n) is 2.16. The van der Waals surface area contributed by atoms with Gasteiger partial charge in [-0.3, -0.25) is 4.79 Å². The summed E-state index contributed by atoms with van der Waals surface area (Å²) in [5.41, 5.74) is 0. The zero-order valence-electron chi connectivity index (χ0n) is 9.71. The van der Waals surface area contributed by atoms with Crippen LogP contribution in [0.1, 0.15) is 19.3 Å². The Labute approximate surface area is 100 Å². The van der Waals surface area contributed by atoms with Gasteiger partial charge in [-0.15, -0.1) is 6.58 Å². The third-order valence-electron chi connectivity index (χ3n) is 3.05. The highest BCUT2D eigenvalue weighted by Gasteiger charge is 2.48. The quantitative estimate of drug-likeness (QED) is 0.430. The number of fused-ring (bicyclic) bond motifs is 1. The number of unbranched alkanes of at least 4 members (excludes halogenated alkanes) is 1. The molecule has 4 unspecified atom stereocenters. The number of hydrogen-bond donors (Lipinski definition) is 1. The normalized spacial score (nSPS) is 35.6. The lowest BCUT2D eigenvalue weighted by molar-refractivity contribution is -0.153. The lowest BCUT2D eigenvalue weighted by Gasteiger charge is -2.16. The van der Waals surface area contributed by atoms with E-state index < -0.39 is 6.10 Å². The van der Waals surface area contributed by atoms with Crippen LogP contribution in [0.2, 0.25) is 0 Å². The predicted molar refractivity (Wildman–Crippen MR) is 59.4 cm³/mol. The van der Waals surface area contributed by atoms with E-state index in [1.807, 2.05) is 0 Å². The second kappa shape index (κ2) is 5.62. The molecule has 0 aromatic heterocycles. The average Bonchev–Trinajstić information content (AvgIpc) is 2.84. The van der Waals surface area contributed by atoms with Crippen LogP contribution in [0.15, 0.2) is 12.7 Å². The number of aliphatic hydroxyl groups is 1. The number of carbonyl (C=O) groups is 1. The van der Waals surface area contributed by atoms with E-state index in [1.54, 1.807) is 6.08 Å². The SMILES string of the molecule is C=CCCCC(=O)OC1COC2C(O)COC12. The molecule has 2 rings (SSSR count). The maximum Gasteiger partial charge on any atom is 0.306 e. The number of ether oxygens (including phenoxy) is 3. The molecule has 2 saturated heterocycles. The van der Waals surface area contributed by atoms with Gasteiger partial charge in [0.25, 0.3) is 0 Å². The summed E-state index contributed by atoms with van der Waals surface area (Å²) in [6, 6.07) is 0. The number of rotatable bonds is 5. The Morgan fingerprint density at radius 3 is 2.94 bits per heavy atom. The van der Waals surface area contributed by atoms with Crippen molar-refractivity contribution in [2.24, 2.45) is 0 Å². The first-order valence-electron chi connectivity index (χ1n) is 5.94. The lowest BCUT2D eigenvalue weighted by atomic mass is 10.1. The van der Waals surface area contributed by atoms with Gasteiger partial charge in [-0.2, -0.15) is 0 Å². The highest BCUT2D eigenvalue weighted by atomic mass is 16.6. The van der Waals surface area contributed by atoms with Gasteiger partial charge in [0.2, 0.25) is 0 Å². The lowest BCUT2D eigenvalue weighted by Crippen LogP contribution is -2.34. The minimum Gasteiger partial charge on any atom is -0.457 e. The molecule has 2 aliphatic heterocycles. The van der Waals surface area contributed by atoms with Gasteiger partial charge in [0.15, 0.2) is 6.10 Å². The van der Waals surface area contributed by atoms with Crippen LogP contribution in [-0.2, 0) is 19.0 Å². The molecule has 5 heteroatoms. The molecule has 0 aliphatic carbocycles. The molecular formula is C12H18O5. The number of esters is 1. The fraction of sp³-hybridized carbons (Fsp3) is 0.750. The summed E-state index contributed by atoms with van der Waals surface area (Å²) >= 11 is 0. The molecule has 2 fully saturated rings. The minimum atomic E-state index is -0.607. The first kappa shape index (κ1) is 12.5. The van der Waals surface area contributed by atoms with Crippen molar-refractivity contribution >= 4 is 5.97 Å². The summed E-state index contributed by atoms with van der Waals surface area (Å²) in [4.78, 5) is 11.5. The Morgan fingerprint density at radius 1 is 1.41 bits per heavy atom. The van der Waals surface area contributed by atoms with Gasteiger partial charge in [0.1, 0.15) is 18.3 Å². The third kappa shape index (κ3) is 2.86. The van der Waals surface area contributed by atoms with Crippen LogP contribution in [0.25, 0.3) is 0 Å². The van der Waals surface area contributed by atoms with Gasteiger partial charge >= 0.3 is 5.97 Å². The van der Waals surface area contributed by atoms with Crippen molar-refractivity contribution in [1.29, 1.82) is 0 Å². The molecule has 17 heavy (non-hydrogen) atoms. The molecule has 0 amide bonds. The van der Waals surface area contributed by atoms with E-state index in [0.29, 0.717) is 13.0 Å². The molecule has 0 aromatic carbocycles. The first-order valence-corrected chi connectivity index (χ1v) is 5.94. The van der Waals surface area contributed by atoms with E-state index in [9.17, 15) is 9.90 Å². The highest BCUT2D eigenvalue weighted by Crippen LogP contribution is 2.28. The van der Waals surface area contributed by atoms with Crippen molar-refractivity contribution < 1.29 is 24.1 Å². The molecule has 1 N–H and O–H groups in total. The van der Waals surface area contributed by atoms with E-state index in [2.05, 4.69) is 6.58 Å². The second-order valence-electron chi connectivity index (χ2n) is 4.37. The monoisotopic (exact) mass is 242 g/mol. The Balaban J connectivity index is 1.76. The first-order chi connectivity index (χ1) is 8.22.